The van der Waals surface area contributed by atoms with Crippen LogP contribution in [0, 0.1) is 5.82 Å². The largest absolute Gasteiger partial charge is 0.307 e. The van der Waals surface area contributed by atoms with Gasteiger partial charge in [-0.3, -0.25) is 0 Å². The Hall–Kier alpha value is -7.70. The number of fused-ring (bicyclic) bond motifs is 7. The van der Waals surface area contributed by atoms with Gasteiger partial charge in [0.25, 0.3) is 0 Å². The lowest BCUT2D eigenvalue weighted by Crippen LogP contribution is -2.01. The molecule has 268 valence electrons. The molecular formula is C51H32FN5. The molecule has 0 aliphatic rings. The Kier molecular flexibility index (Phi) is 7.60. The third-order valence-corrected chi connectivity index (χ3v) is 10.8. The highest BCUT2D eigenvalue weighted by molar-refractivity contribution is 6.23. The predicted octanol–water partition coefficient (Wildman–Crippen LogP) is 12.9. The second-order valence-corrected chi connectivity index (χ2v) is 14.2. The van der Waals surface area contributed by atoms with E-state index in [0.717, 1.165) is 82.8 Å². The zero-order valence-electron chi connectivity index (χ0n) is 30.6. The van der Waals surface area contributed by atoms with Crippen LogP contribution in [0.2, 0.25) is 0 Å². The van der Waals surface area contributed by atoms with E-state index in [4.69, 9.17) is 15.0 Å². The van der Waals surface area contributed by atoms with Crippen molar-refractivity contribution in [3.63, 3.8) is 0 Å². The monoisotopic (exact) mass is 733 g/mol. The summed E-state index contributed by atoms with van der Waals surface area (Å²) >= 11 is 0. The molecular weight excluding hydrogens is 702 g/mol. The van der Waals surface area contributed by atoms with E-state index in [9.17, 15) is 0 Å². The summed E-state index contributed by atoms with van der Waals surface area (Å²) < 4.78 is 20.3. The second-order valence-electron chi connectivity index (χ2n) is 14.2. The number of halogens is 1. The highest BCUT2D eigenvalue weighted by Crippen LogP contribution is 2.42. The quantitative estimate of drug-likeness (QED) is 0.171. The molecule has 8 aromatic carbocycles. The molecule has 0 aliphatic heterocycles. The van der Waals surface area contributed by atoms with E-state index < -0.39 is 0 Å². The molecule has 3 aromatic heterocycles. The lowest BCUT2D eigenvalue weighted by molar-refractivity contribution is 0.627. The van der Waals surface area contributed by atoms with Gasteiger partial charge in [-0.25, -0.2) is 19.3 Å². The molecule has 0 bridgehead atoms. The smallest absolute Gasteiger partial charge is 0.164 e. The SMILES string of the molecule is Fc1cc(-c2ccccc2)cc(-n2c3ccccc3c3ccc4c5ccccc5n(-c5ccc(-c6nc(-c7ccccc7)nc(-c7ccccc7)n6)cc5)c4c32)c1. The average Bonchev–Trinajstić information content (AvgIpc) is 3.80. The first-order chi connectivity index (χ1) is 28.2. The first kappa shape index (κ1) is 32.7. The Labute approximate surface area is 327 Å². The molecule has 0 radical (unpaired) electrons. The van der Waals surface area contributed by atoms with Gasteiger partial charge in [0.15, 0.2) is 17.5 Å². The molecule has 57 heavy (non-hydrogen) atoms. The minimum Gasteiger partial charge on any atom is -0.307 e. The van der Waals surface area contributed by atoms with Gasteiger partial charge in [0, 0.05) is 49.6 Å². The van der Waals surface area contributed by atoms with Crippen molar-refractivity contribution in [3.05, 3.63) is 200 Å². The van der Waals surface area contributed by atoms with Crippen molar-refractivity contribution in [2.24, 2.45) is 0 Å². The number of benzene rings is 8. The van der Waals surface area contributed by atoms with E-state index in [1.807, 2.05) is 97.1 Å². The molecule has 11 aromatic rings. The Morgan fingerprint density at radius 2 is 0.737 bits per heavy atom. The molecule has 3 heterocycles. The molecule has 0 amide bonds. The van der Waals surface area contributed by atoms with Gasteiger partial charge < -0.3 is 9.13 Å². The number of aromatic nitrogens is 5. The van der Waals surface area contributed by atoms with Crippen LogP contribution in [-0.2, 0) is 0 Å². The summed E-state index contributed by atoms with van der Waals surface area (Å²) in [6, 6.07) is 65.2. The van der Waals surface area contributed by atoms with E-state index >= 15 is 4.39 Å². The van der Waals surface area contributed by atoms with Gasteiger partial charge in [0.1, 0.15) is 5.82 Å². The molecule has 0 saturated heterocycles. The van der Waals surface area contributed by atoms with Crippen molar-refractivity contribution >= 4 is 43.6 Å². The topological polar surface area (TPSA) is 48.5 Å². The van der Waals surface area contributed by atoms with E-state index in [1.165, 1.54) is 0 Å². The maximum absolute atomic E-state index is 15.7. The van der Waals surface area contributed by atoms with Crippen molar-refractivity contribution in [1.29, 1.82) is 0 Å². The number of hydrogen-bond donors (Lipinski definition) is 0. The van der Waals surface area contributed by atoms with E-state index in [0.29, 0.717) is 17.5 Å². The molecule has 0 unspecified atom stereocenters. The summed E-state index contributed by atoms with van der Waals surface area (Å²) in [6.07, 6.45) is 0. The zero-order chi connectivity index (χ0) is 37.9. The highest BCUT2D eigenvalue weighted by Gasteiger charge is 2.22. The van der Waals surface area contributed by atoms with Gasteiger partial charge in [0.05, 0.1) is 22.1 Å². The molecule has 6 heteroatoms. The summed E-state index contributed by atoms with van der Waals surface area (Å²) in [7, 11) is 0. The Bertz CT molecular complexity index is 3220. The molecule has 5 nitrogen and oxygen atoms in total. The lowest BCUT2D eigenvalue weighted by Gasteiger charge is -2.14. The van der Waals surface area contributed by atoms with Crippen LogP contribution >= 0.6 is 0 Å². The molecule has 0 fully saturated rings. The van der Waals surface area contributed by atoms with E-state index in [2.05, 4.69) is 94.1 Å². The molecule has 11 rings (SSSR count). The minimum absolute atomic E-state index is 0.287. The summed E-state index contributed by atoms with van der Waals surface area (Å²) in [5, 5.41) is 4.45. The normalized spacial score (nSPS) is 11.6. The molecule has 0 N–H and O–H groups in total. The van der Waals surface area contributed by atoms with Crippen LogP contribution < -0.4 is 0 Å². The Morgan fingerprint density at radius 3 is 1.25 bits per heavy atom. The first-order valence-corrected chi connectivity index (χ1v) is 19.0. The fraction of sp³-hybridized carbons (Fsp3) is 0. The van der Waals surface area contributed by atoms with Crippen LogP contribution in [0.25, 0.3) is 100 Å². The number of para-hydroxylation sites is 2. The van der Waals surface area contributed by atoms with Crippen molar-refractivity contribution in [1.82, 2.24) is 24.1 Å². The van der Waals surface area contributed by atoms with Crippen molar-refractivity contribution in [2.75, 3.05) is 0 Å². The van der Waals surface area contributed by atoms with Crippen molar-refractivity contribution in [2.45, 2.75) is 0 Å². The highest BCUT2D eigenvalue weighted by atomic mass is 19.1. The van der Waals surface area contributed by atoms with Gasteiger partial charge in [-0.2, -0.15) is 0 Å². The summed E-state index contributed by atoms with van der Waals surface area (Å²) in [4.78, 5) is 14.8. The fourth-order valence-corrected chi connectivity index (χ4v) is 8.23. The van der Waals surface area contributed by atoms with Gasteiger partial charge >= 0.3 is 0 Å². The summed E-state index contributed by atoms with van der Waals surface area (Å²) in [5.41, 5.74) is 10.4. The lowest BCUT2D eigenvalue weighted by atomic mass is 10.0. The predicted molar refractivity (Wildman–Crippen MR) is 230 cm³/mol. The molecule has 0 saturated carbocycles. The fourth-order valence-electron chi connectivity index (χ4n) is 8.23. The van der Waals surface area contributed by atoms with Gasteiger partial charge in [-0.1, -0.05) is 140 Å². The van der Waals surface area contributed by atoms with Gasteiger partial charge in [0.2, 0.25) is 0 Å². The second kappa shape index (κ2) is 13.3. The molecule has 0 aliphatic carbocycles. The van der Waals surface area contributed by atoms with Crippen LogP contribution in [0.1, 0.15) is 0 Å². The standard InChI is InChI=1S/C51H32FN5/c52-38-30-37(33-14-4-1-5-15-33)31-40(32-38)57-46-23-13-11-21-42(46)44-29-28-43-41-20-10-12-22-45(41)56(47(43)48(44)57)39-26-24-36(25-27-39)51-54-49(34-16-6-2-7-17-34)53-50(55-51)35-18-8-3-9-19-35/h1-32H. The number of hydrogen-bond acceptors (Lipinski definition) is 3. The van der Waals surface area contributed by atoms with Crippen LogP contribution in [0.5, 0.6) is 0 Å². The number of nitrogens with zero attached hydrogens (tertiary/aromatic N) is 5. The average molecular weight is 734 g/mol. The first-order valence-electron chi connectivity index (χ1n) is 19.0. The molecule has 0 atom stereocenters. The van der Waals surface area contributed by atoms with Crippen LogP contribution in [-0.4, -0.2) is 24.1 Å². The van der Waals surface area contributed by atoms with Crippen molar-refractivity contribution in [3.8, 4) is 56.7 Å². The Balaban J connectivity index is 1.15. The maximum atomic E-state index is 15.7. The summed E-state index contributed by atoms with van der Waals surface area (Å²) in [5.74, 6) is 1.55. The number of rotatable bonds is 6. The van der Waals surface area contributed by atoms with E-state index in [-0.39, 0.29) is 5.82 Å². The van der Waals surface area contributed by atoms with Crippen LogP contribution in [0.3, 0.4) is 0 Å². The summed E-state index contributed by atoms with van der Waals surface area (Å²) in [6.45, 7) is 0. The van der Waals surface area contributed by atoms with Crippen LogP contribution in [0.15, 0.2) is 194 Å². The zero-order valence-corrected chi connectivity index (χ0v) is 30.6. The van der Waals surface area contributed by atoms with Gasteiger partial charge in [-0.15, -0.1) is 0 Å². The van der Waals surface area contributed by atoms with Crippen molar-refractivity contribution < 1.29 is 4.39 Å². The van der Waals surface area contributed by atoms with Gasteiger partial charge in [-0.05, 0) is 65.7 Å². The van der Waals surface area contributed by atoms with Crippen LogP contribution in [0.4, 0.5) is 4.39 Å². The molecule has 0 spiro atoms. The Morgan fingerprint density at radius 1 is 0.316 bits per heavy atom. The third-order valence-electron chi connectivity index (χ3n) is 10.8. The third kappa shape index (κ3) is 5.49. The van der Waals surface area contributed by atoms with E-state index in [1.54, 1.807) is 12.1 Å². The maximum Gasteiger partial charge on any atom is 0.164 e. The minimum atomic E-state index is -0.287.